The van der Waals surface area contributed by atoms with Crippen molar-refractivity contribution in [3.8, 4) is 0 Å². The average molecular weight is 316 g/mol. The molecule has 1 aromatic carbocycles. The van der Waals surface area contributed by atoms with Crippen LogP contribution in [0.1, 0.15) is 61.9 Å². The molecule has 0 radical (unpaired) electrons. The third-order valence-electron chi connectivity index (χ3n) is 3.29. The lowest BCUT2D eigenvalue weighted by molar-refractivity contribution is -0.158. The van der Waals surface area contributed by atoms with Crippen molar-refractivity contribution >= 4 is 17.7 Å². The minimum Gasteiger partial charge on any atom is -0.393 e. The van der Waals surface area contributed by atoms with Crippen LogP contribution < -0.4 is 0 Å². The zero-order chi connectivity index (χ0) is 17.1. The number of esters is 2. The summed E-state index contributed by atoms with van der Waals surface area (Å²) in [6.07, 6.45) is 6.40. The third kappa shape index (κ3) is 7.54. The first-order chi connectivity index (χ1) is 11.1. The predicted molar refractivity (Wildman–Crippen MR) is 89.1 cm³/mol. The molecule has 124 valence electrons. The van der Waals surface area contributed by atoms with Crippen molar-refractivity contribution in [2.45, 2.75) is 52.4 Å². The zero-order valence-corrected chi connectivity index (χ0v) is 13.8. The Morgan fingerprint density at radius 3 is 2.26 bits per heavy atom. The van der Waals surface area contributed by atoms with E-state index in [1.807, 2.05) is 25.1 Å². The molecule has 0 unspecified atom stereocenters. The molecule has 1 aromatic rings. The maximum absolute atomic E-state index is 12.0. The molecule has 0 aromatic heterocycles. The highest BCUT2D eigenvalue weighted by molar-refractivity contribution is 5.98. The number of aryl methyl sites for hydroxylation is 1. The van der Waals surface area contributed by atoms with E-state index in [1.54, 1.807) is 18.2 Å². The molecule has 1 rings (SSSR count). The molecule has 0 fully saturated rings. The molecule has 0 bridgehead atoms. The van der Waals surface area contributed by atoms with Crippen LogP contribution in [0.15, 0.2) is 36.4 Å². The van der Waals surface area contributed by atoms with E-state index in [1.165, 1.54) is 5.56 Å². The Bertz CT molecular complexity index is 555. The number of allylic oxidation sites excluding steroid dienone is 1. The van der Waals surface area contributed by atoms with Gasteiger partial charge in [-0.15, -0.1) is 0 Å². The van der Waals surface area contributed by atoms with Gasteiger partial charge >= 0.3 is 11.9 Å². The van der Waals surface area contributed by atoms with Crippen molar-refractivity contribution in [2.75, 3.05) is 0 Å². The van der Waals surface area contributed by atoms with Gasteiger partial charge in [0.05, 0.1) is 12.8 Å². The normalized spacial score (nSPS) is 10.7. The smallest absolute Gasteiger partial charge is 0.317 e. The molecule has 0 saturated carbocycles. The summed E-state index contributed by atoms with van der Waals surface area (Å²) in [5.41, 5.74) is 1.77. The number of Topliss-reactive ketones (excluding diaryl/α,β-unsaturated/α-hetero) is 1. The molecular formula is C19H24O4. The summed E-state index contributed by atoms with van der Waals surface area (Å²) in [6.45, 7) is 4.05. The molecule has 0 N–H and O–H groups in total. The molecule has 0 saturated heterocycles. The topological polar surface area (TPSA) is 60.4 Å². The summed E-state index contributed by atoms with van der Waals surface area (Å²) in [4.78, 5) is 34.9. The lowest BCUT2D eigenvalue weighted by atomic mass is 10.0. The Labute approximate surface area is 137 Å². The minimum atomic E-state index is -0.657. The lowest BCUT2D eigenvalue weighted by Gasteiger charge is -2.03. The van der Waals surface area contributed by atoms with Gasteiger partial charge < -0.3 is 4.74 Å². The van der Waals surface area contributed by atoms with Gasteiger partial charge in [-0.05, 0) is 18.4 Å². The molecule has 4 nitrogen and oxygen atoms in total. The van der Waals surface area contributed by atoms with Gasteiger partial charge in [-0.3, -0.25) is 14.4 Å². The second-order valence-electron chi connectivity index (χ2n) is 5.30. The highest BCUT2D eigenvalue weighted by atomic mass is 16.6. The second kappa shape index (κ2) is 10.5. The van der Waals surface area contributed by atoms with Crippen LogP contribution in [-0.2, 0) is 20.7 Å². The van der Waals surface area contributed by atoms with Crippen molar-refractivity contribution in [3.63, 3.8) is 0 Å². The van der Waals surface area contributed by atoms with Crippen LogP contribution in [-0.4, -0.2) is 17.7 Å². The number of hydrogen-bond donors (Lipinski definition) is 0. The van der Waals surface area contributed by atoms with Crippen LogP contribution in [0.5, 0.6) is 0 Å². The summed E-state index contributed by atoms with van der Waals surface area (Å²) < 4.78 is 4.65. The van der Waals surface area contributed by atoms with Gasteiger partial charge in [0.1, 0.15) is 0 Å². The fraction of sp³-hybridized carbons (Fsp3) is 0.421. The third-order valence-corrected chi connectivity index (χ3v) is 3.29. The van der Waals surface area contributed by atoms with Crippen LogP contribution in [0, 0.1) is 0 Å². The molecule has 0 atom stereocenters. The monoisotopic (exact) mass is 316 g/mol. The molecule has 0 heterocycles. The maximum Gasteiger partial charge on any atom is 0.317 e. The lowest BCUT2D eigenvalue weighted by Crippen LogP contribution is -2.13. The number of carbonyl (C=O) groups excluding carboxylic acids is 3. The Kier molecular flexibility index (Phi) is 8.58. The van der Waals surface area contributed by atoms with Crippen LogP contribution in [0.3, 0.4) is 0 Å². The number of hydrogen-bond acceptors (Lipinski definition) is 4. The summed E-state index contributed by atoms with van der Waals surface area (Å²) in [7, 11) is 0. The van der Waals surface area contributed by atoms with Gasteiger partial charge in [0.15, 0.2) is 5.78 Å². The fourth-order valence-corrected chi connectivity index (χ4v) is 2.07. The summed E-state index contributed by atoms with van der Waals surface area (Å²) in [5.74, 6) is -1.37. The molecule has 4 heteroatoms. The van der Waals surface area contributed by atoms with E-state index >= 15 is 0 Å². The fourth-order valence-electron chi connectivity index (χ4n) is 2.07. The highest BCUT2D eigenvalue weighted by Crippen LogP contribution is 2.10. The van der Waals surface area contributed by atoms with Crippen LogP contribution >= 0.6 is 0 Å². The van der Waals surface area contributed by atoms with E-state index < -0.39 is 11.9 Å². The van der Waals surface area contributed by atoms with Gasteiger partial charge in [-0.25, -0.2) is 0 Å². The van der Waals surface area contributed by atoms with Crippen molar-refractivity contribution < 1.29 is 19.1 Å². The Hall–Kier alpha value is -2.23. The SMILES string of the molecule is CCC=CCC(=O)OC(=O)CCC(=O)c1ccc(CCC)cc1. The van der Waals surface area contributed by atoms with Gasteiger partial charge in [0.2, 0.25) is 0 Å². The summed E-state index contributed by atoms with van der Waals surface area (Å²) in [5, 5.41) is 0. The highest BCUT2D eigenvalue weighted by Gasteiger charge is 2.13. The van der Waals surface area contributed by atoms with Gasteiger partial charge in [-0.2, -0.15) is 0 Å². The van der Waals surface area contributed by atoms with Crippen molar-refractivity contribution in [3.05, 3.63) is 47.5 Å². The molecule has 0 spiro atoms. The Morgan fingerprint density at radius 2 is 1.65 bits per heavy atom. The summed E-state index contributed by atoms with van der Waals surface area (Å²) >= 11 is 0. The number of benzene rings is 1. The van der Waals surface area contributed by atoms with E-state index in [2.05, 4.69) is 11.7 Å². The Morgan fingerprint density at radius 1 is 0.957 bits per heavy atom. The average Bonchev–Trinajstić information content (AvgIpc) is 2.54. The standard InChI is InChI=1S/C19H24O4/c1-3-5-6-8-18(21)23-19(22)14-13-17(20)16-11-9-15(7-4-2)10-12-16/h5-6,9-12H,3-4,7-8,13-14H2,1-2H3. The van der Waals surface area contributed by atoms with E-state index in [4.69, 9.17) is 0 Å². The molecule has 0 amide bonds. The Balaban J connectivity index is 2.38. The first kappa shape index (κ1) is 18.8. The van der Waals surface area contributed by atoms with Crippen molar-refractivity contribution in [1.29, 1.82) is 0 Å². The number of carbonyl (C=O) groups is 3. The molecule has 0 aliphatic rings. The van der Waals surface area contributed by atoms with Crippen LogP contribution in [0.4, 0.5) is 0 Å². The first-order valence-corrected chi connectivity index (χ1v) is 8.07. The van der Waals surface area contributed by atoms with Gasteiger partial charge in [-0.1, -0.05) is 56.7 Å². The minimum absolute atomic E-state index is 0.0457. The molecule has 0 aliphatic carbocycles. The number of rotatable bonds is 9. The first-order valence-electron chi connectivity index (χ1n) is 8.07. The quantitative estimate of drug-likeness (QED) is 0.299. The molecular weight excluding hydrogens is 292 g/mol. The largest absolute Gasteiger partial charge is 0.393 e. The van der Waals surface area contributed by atoms with Gasteiger partial charge in [0.25, 0.3) is 0 Å². The van der Waals surface area contributed by atoms with Crippen LogP contribution in [0.25, 0.3) is 0 Å². The van der Waals surface area contributed by atoms with E-state index in [0.717, 1.165) is 19.3 Å². The molecule has 0 aliphatic heterocycles. The summed E-state index contributed by atoms with van der Waals surface area (Å²) in [6, 6.07) is 7.41. The van der Waals surface area contributed by atoms with Crippen molar-refractivity contribution in [1.82, 2.24) is 0 Å². The van der Waals surface area contributed by atoms with E-state index in [-0.39, 0.29) is 25.0 Å². The van der Waals surface area contributed by atoms with Crippen molar-refractivity contribution in [2.24, 2.45) is 0 Å². The van der Waals surface area contributed by atoms with Crippen LogP contribution in [0.2, 0.25) is 0 Å². The van der Waals surface area contributed by atoms with E-state index in [9.17, 15) is 14.4 Å². The van der Waals surface area contributed by atoms with Gasteiger partial charge in [0, 0.05) is 12.0 Å². The number of ketones is 1. The maximum atomic E-state index is 12.0. The predicted octanol–water partition coefficient (Wildman–Crippen LogP) is 4.03. The van der Waals surface area contributed by atoms with E-state index in [0.29, 0.717) is 5.56 Å². The molecule has 23 heavy (non-hydrogen) atoms. The zero-order valence-electron chi connectivity index (χ0n) is 13.8. The second-order valence-corrected chi connectivity index (χ2v) is 5.30. The number of ether oxygens (including phenoxy) is 1.